The van der Waals surface area contributed by atoms with Crippen LogP contribution >= 0.6 is 0 Å². The summed E-state index contributed by atoms with van der Waals surface area (Å²) < 4.78 is 8.19. The Labute approximate surface area is 138 Å². The summed E-state index contributed by atoms with van der Waals surface area (Å²) in [6.07, 6.45) is 6.01. The monoisotopic (exact) mass is 314 g/mol. The van der Waals surface area contributed by atoms with Crippen molar-refractivity contribution in [3.05, 3.63) is 41.5 Å². The molecular formula is C18H26N4O. The molecular weight excluding hydrogens is 288 g/mol. The lowest BCUT2D eigenvalue weighted by Crippen LogP contribution is -2.25. The van der Waals surface area contributed by atoms with Crippen molar-refractivity contribution in [2.24, 2.45) is 0 Å². The normalized spacial score (nSPS) is 18.5. The Morgan fingerprint density at radius 1 is 1.26 bits per heavy atom. The van der Waals surface area contributed by atoms with Gasteiger partial charge in [-0.2, -0.15) is 5.10 Å². The van der Waals surface area contributed by atoms with E-state index in [0.29, 0.717) is 0 Å². The fraction of sp³-hybridized carbons (Fsp3) is 0.556. The highest BCUT2D eigenvalue weighted by atomic mass is 16.5. The van der Waals surface area contributed by atoms with Crippen LogP contribution in [0, 0.1) is 13.8 Å². The third-order valence-corrected chi connectivity index (χ3v) is 4.53. The molecule has 23 heavy (non-hydrogen) atoms. The van der Waals surface area contributed by atoms with E-state index in [1.165, 1.54) is 11.3 Å². The highest BCUT2D eigenvalue weighted by molar-refractivity contribution is 5.24. The average molecular weight is 314 g/mol. The van der Waals surface area contributed by atoms with E-state index in [0.717, 1.165) is 50.5 Å². The van der Waals surface area contributed by atoms with E-state index in [9.17, 15) is 0 Å². The molecule has 1 atom stereocenters. The van der Waals surface area contributed by atoms with E-state index in [4.69, 9.17) is 4.74 Å². The van der Waals surface area contributed by atoms with Gasteiger partial charge in [0.1, 0.15) is 11.9 Å². The van der Waals surface area contributed by atoms with Crippen LogP contribution in [0.5, 0.6) is 5.75 Å². The van der Waals surface area contributed by atoms with Crippen molar-refractivity contribution in [3.8, 4) is 5.75 Å². The zero-order valence-electron chi connectivity index (χ0n) is 14.3. The van der Waals surface area contributed by atoms with Gasteiger partial charge in [-0.15, -0.1) is 0 Å². The number of hydrogen-bond donors (Lipinski definition) is 0. The molecule has 0 spiro atoms. The second-order valence-electron chi connectivity index (χ2n) is 6.32. The molecule has 3 rings (SSSR count). The Morgan fingerprint density at radius 3 is 2.78 bits per heavy atom. The molecule has 2 aromatic rings. The van der Waals surface area contributed by atoms with Gasteiger partial charge in [-0.3, -0.25) is 14.6 Å². The van der Waals surface area contributed by atoms with E-state index in [1.807, 2.05) is 12.1 Å². The fourth-order valence-corrected chi connectivity index (χ4v) is 3.26. The van der Waals surface area contributed by atoms with Crippen molar-refractivity contribution in [2.75, 3.05) is 13.1 Å². The maximum absolute atomic E-state index is 6.04. The van der Waals surface area contributed by atoms with Crippen molar-refractivity contribution in [1.29, 1.82) is 0 Å². The second kappa shape index (κ2) is 7.13. The SMILES string of the molecule is CCCn1nc(C)c(CN2CC[C@@H](Oc3ccncc3)C2)c1C. The van der Waals surface area contributed by atoms with Crippen LogP contribution in [-0.2, 0) is 13.1 Å². The van der Waals surface area contributed by atoms with Crippen LogP contribution in [0.15, 0.2) is 24.5 Å². The number of aryl methyl sites for hydroxylation is 2. The van der Waals surface area contributed by atoms with Gasteiger partial charge in [0.25, 0.3) is 0 Å². The lowest BCUT2D eigenvalue weighted by Gasteiger charge is -2.17. The molecule has 0 amide bonds. The first kappa shape index (κ1) is 16.0. The minimum atomic E-state index is 0.267. The van der Waals surface area contributed by atoms with Gasteiger partial charge in [0.2, 0.25) is 0 Å². The van der Waals surface area contributed by atoms with E-state index in [-0.39, 0.29) is 6.10 Å². The molecule has 0 aromatic carbocycles. The summed E-state index contributed by atoms with van der Waals surface area (Å²) in [6.45, 7) is 10.5. The summed E-state index contributed by atoms with van der Waals surface area (Å²) in [7, 11) is 0. The van der Waals surface area contributed by atoms with Gasteiger partial charge in [-0.25, -0.2) is 0 Å². The molecule has 5 heteroatoms. The van der Waals surface area contributed by atoms with Crippen LogP contribution in [0.25, 0.3) is 0 Å². The molecule has 1 fully saturated rings. The van der Waals surface area contributed by atoms with Gasteiger partial charge in [0, 0.05) is 49.8 Å². The van der Waals surface area contributed by atoms with Crippen molar-refractivity contribution < 1.29 is 4.74 Å². The van der Waals surface area contributed by atoms with E-state index in [1.54, 1.807) is 12.4 Å². The summed E-state index contributed by atoms with van der Waals surface area (Å²) in [5.74, 6) is 0.912. The molecule has 1 saturated heterocycles. The van der Waals surface area contributed by atoms with Crippen molar-refractivity contribution in [1.82, 2.24) is 19.7 Å². The van der Waals surface area contributed by atoms with Gasteiger partial charge in [-0.05, 0) is 38.8 Å². The molecule has 2 aromatic heterocycles. The van der Waals surface area contributed by atoms with Crippen molar-refractivity contribution >= 4 is 0 Å². The van der Waals surface area contributed by atoms with Gasteiger partial charge in [0.05, 0.1) is 5.69 Å². The topological polar surface area (TPSA) is 43.2 Å². The lowest BCUT2D eigenvalue weighted by molar-refractivity contribution is 0.198. The Balaban J connectivity index is 1.60. The number of ether oxygens (including phenoxy) is 1. The zero-order chi connectivity index (χ0) is 16.2. The Bertz CT molecular complexity index is 638. The first-order valence-electron chi connectivity index (χ1n) is 8.49. The number of nitrogens with zero attached hydrogens (tertiary/aromatic N) is 4. The first-order chi connectivity index (χ1) is 11.2. The summed E-state index contributed by atoms with van der Waals surface area (Å²) >= 11 is 0. The second-order valence-corrected chi connectivity index (χ2v) is 6.32. The number of hydrogen-bond acceptors (Lipinski definition) is 4. The molecule has 0 bridgehead atoms. The van der Waals surface area contributed by atoms with Crippen LogP contribution in [0.2, 0.25) is 0 Å². The number of pyridine rings is 1. The minimum Gasteiger partial charge on any atom is -0.489 e. The number of likely N-dealkylation sites (tertiary alicyclic amines) is 1. The maximum atomic E-state index is 6.04. The minimum absolute atomic E-state index is 0.267. The van der Waals surface area contributed by atoms with Gasteiger partial charge in [0.15, 0.2) is 0 Å². The van der Waals surface area contributed by atoms with Gasteiger partial charge >= 0.3 is 0 Å². The summed E-state index contributed by atoms with van der Waals surface area (Å²) in [4.78, 5) is 6.50. The molecule has 0 N–H and O–H groups in total. The Kier molecular flexibility index (Phi) is 4.96. The summed E-state index contributed by atoms with van der Waals surface area (Å²) in [5.41, 5.74) is 3.85. The molecule has 0 radical (unpaired) electrons. The lowest BCUT2D eigenvalue weighted by atomic mass is 10.2. The molecule has 3 heterocycles. The zero-order valence-corrected chi connectivity index (χ0v) is 14.3. The molecule has 1 aliphatic heterocycles. The van der Waals surface area contributed by atoms with Crippen LogP contribution in [0.4, 0.5) is 0 Å². The summed E-state index contributed by atoms with van der Waals surface area (Å²) in [6, 6.07) is 3.84. The smallest absolute Gasteiger partial charge is 0.122 e. The number of rotatable bonds is 6. The van der Waals surface area contributed by atoms with Crippen LogP contribution in [0.1, 0.15) is 36.7 Å². The van der Waals surface area contributed by atoms with Crippen LogP contribution in [0.3, 0.4) is 0 Å². The summed E-state index contributed by atoms with van der Waals surface area (Å²) in [5, 5.41) is 4.68. The molecule has 0 unspecified atom stereocenters. The van der Waals surface area contributed by atoms with Crippen LogP contribution < -0.4 is 4.74 Å². The maximum Gasteiger partial charge on any atom is 0.122 e. The predicted molar refractivity (Wildman–Crippen MR) is 90.5 cm³/mol. The largest absolute Gasteiger partial charge is 0.489 e. The highest BCUT2D eigenvalue weighted by Crippen LogP contribution is 2.22. The Morgan fingerprint density at radius 2 is 2.04 bits per heavy atom. The predicted octanol–water partition coefficient (Wildman–Crippen LogP) is 2.96. The highest BCUT2D eigenvalue weighted by Gasteiger charge is 2.25. The fourth-order valence-electron chi connectivity index (χ4n) is 3.26. The number of aromatic nitrogens is 3. The molecule has 0 saturated carbocycles. The standard InChI is InChI=1S/C18H26N4O/c1-4-10-22-15(3)18(14(2)20-22)13-21-11-7-17(12-21)23-16-5-8-19-9-6-16/h5-6,8-9,17H,4,7,10-13H2,1-3H3/t17-/m1/s1. The van der Waals surface area contributed by atoms with Crippen molar-refractivity contribution in [2.45, 2.75) is 52.8 Å². The third kappa shape index (κ3) is 3.72. The Hall–Kier alpha value is -1.88. The molecule has 1 aliphatic rings. The average Bonchev–Trinajstić information content (AvgIpc) is 3.09. The molecule has 5 nitrogen and oxygen atoms in total. The van der Waals surface area contributed by atoms with Gasteiger partial charge in [-0.1, -0.05) is 6.92 Å². The van der Waals surface area contributed by atoms with E-state index < -0.39 is 0 Å². The first-order valence-corrected chi connectivity index (χ1v) is 8.49. The van der Waals surface area contributed by atoms with Crippen LogP contribution in [-0.4, -0.2) is 38.9 Å². The van der Waals surface area contributed by atoms with Crippen molar-refractivity contribution in [3.63, 3.8) is 0 Å². The van der Waals surface area contributed by atoms with Gasteiger partial charge < -0.3 is 4.74 Å². The third-order valence-electron chi connectivity index (χ3n) is 4.53. The van der Waals surface area contributed by atoms with E-state index >= 15 is 0 Å². The van der Waals surface area contributed by atoms with E-state index in [2.05, 4.69) is 40.4 Å². The molecule has 0 aliphatic carbocycles. The molecule has 124 valence electrons. The quantitative estimate of drug-likeness (QED) is 0.822.